The van der Waals surface area contributed by atoms with E-state index in [4.69, 9.17) is 0 Å². The van der Waals surface area contributed by atoms with Gasteiger partial charge in [-0.15, -0.1) is 0 Å². The Morgan fingerprint density at radius 1 is 1.08 bits per heavy atom. The second kappa shape index (κ2) is 9.89. The van der Waals surface area contributed by atoms with Gasteiger partial charge in [-0.3, -0.25) is 15.0 Å². The number of quaternary nitrogens is 1. The Labute approximate surface area is 215 Å². The van der Waals surface area contributed by atoms with Gasteiger partial charge in [-0.1, -0.05) is 50.1 Å². The molecular formula is C28H39N4O3S+. The van der Waals surface area contributed by atoms with E-state index in [9.17, 15) is 13.2 Å². The van der Waals surface area contributed by atoms with Crippen molar-refractivity contribution < 1.29 is 17.7 Å². The minimum absolute atomic E-state index is 0.0641. The van der Waals surface area contributed by atoms with Gasteiger partial charge in [0.05, 0.1) is 36.3 Å². The molecule has 4 aliphatic rings. The van der Waals surface area contributed by atoms with Crippen LogP contribution in [0.25, 0.3) is 0 Å². The van der Waals surface area contributed by atoms with Crippen molar-refractivity contribution in [2.24, 2.45) is 0 Å². The Kier molecular flexibility index (Phi) is 6.98. The molecule has 194 valence electrons. The topological polar surface area (TPSA) is 78.5 Å². The summed E-state index contributed by atoms with van der Waals surface area (Å²) in [5, 5.41) is 6.81. The van der Waals surface area contributed by atoms with Crippen molar-refractivity contribution in [1.29, 1.82) is 0 Å². The van der Waals surface area contributed by atoms with Gasteiger partial charge < -0.3 is 9.80 Å². The zero-order valence-corrected chi connectivity index (χ0v) is 22.3. The molecule has 2 N–H and O–H groups in total. The zero-order valence-electron chi connectivity index (χ0n) is 21.5. The Morgan fingerprint density at radius 2 is 1.75 bits per heavy atom. The van der Waals surface area contributed by atoms with Crippen molar-refractivity contribution in [3.8, 4) is 0 Å². The molecular weight excluding hydrogens is 472 g/mol. The number of nitrogens with one attached hydrogen (secondary N) is 2. The molecule has 0 aromatic heterocycles. The second-order valence-electron chi connectivity index (χ2n) is 11.2. The molecule has 2 aromatic carbocycles. The minimum Gasteiger partial charge on any atom is -0.321 e. The van der Waals surface area contributed by atoms with E-state index < -0.39 is 15.4 Å². The van der Waals surface area contributed by atoms with Crippen molar-refractivity contribution in [1.82, 2.24) is 10.2 Å². The van der Waals surface area contributed by atoms with E-state index in [1.54, 1.807) is 12.1 Å². The molecule has 2 bridgehead atoms. The zero-order chi connectivity index (χ0) is 25.4. The molecule has 0 saturated carbocycles. The van der Waals surface area contributed by atoms with Crippen molar-refractivity contribution in [3.05, 3.63) is 59.7 Å². The first-order valence-corrected chi connectivity index (χ1v) is 14.9. The predicted octanol–water partition coefficient (Wildman–Crippen LogP) is 3.19. The number of amides is 1. The second-order valence-corrected chi connectivity index (χ2v) is 13.2. The van der Waals surface area contributed by atoms with Crippen LogP contribution in [0.2, 0.25) is 0 Å². The number of benzene rings is 2. The number of nitrogens with zero attached hydrogens (tertiary/aromatic N) is 2. The number of hydrogen-bond acceptors (Lipinski definition) is 5. The van der Waals surface area contributed by atoms with E-state index in [1.165, 1.54) is 0 Å². The maximum Gasteiger partial charge on any atom is 0.279 e. The highest BCUT2D eigenvalue weighted by atomic mass is 32.2. The smallest absolute Gasteiger partial charge is 0.279 e. The van der Waals surface area contributed by atoms with Crippen LogP contribution in [0.5, 0.6) is 0 Å². The number of carbonyl (C=O) groups excluding carboxylic acids is 1. The van der Waals surface area contributed by atoms with Gasteiger partial charge in [0.1, 0.15) is 0 Å². The molecule has 0 spiro atoms. The number of carbonyl (C=O) groups is 1. The summed E-state index contributed by atoms with van der Waals surface area (Å²) in [7, 11) is -3.43. The molecule has 1 unspecified atom stereocenters. The number of unbranched alkanes of at least 4 members (excludes halogenated alkanes) is 1. The third-order valence-electron chi connectivity index (χ3n) is 8.33. The van der Waals surface area contributed by atoms with Crippen molar-refractivity contribution in [2.75, 3.05) is 56.9 Å². The van der Waals surface area contributed by atoms with Gasteiger partial charge in [-0.2, -0.15) is 0 Å². The van der Waals surface area contributed by atoms with Gasteiger partial charge in [0.15, 0.2) is 16.4 Å². The number of fused-ring (bicyclic) bond motifs is 4. The van der Waals surface area contributed by atoms with Gasteiger partial charge in [-0.25, -0.2) is 8.42 Å². The Morgan fingerprint density at radius 3 is 2.42 bits per heavy atom. The lowest BCUT2D eigenvalue weighted by molar-refractivity contribution is -0.933. The maximum atomic E-state index is 13.3. The number of hydrogen-bond donors (Lipinski definition) is 2. The standard InChI is InChI=1S/C28H38N4O3S/c1-3-4-13-28(2)21-36(34,35)25-8-6-5-7-24(25)27(30-28)22-9-11-23(12-10-22)29-26(33)20-32-17-14-31(15-18-32)16-19-32/h5-12,27,30H,3-4,13-21H2,1-2H3/p+1/t27-,28?/m1/s1. The lowest BCUT2D eigenvalue weighted by atomic mass is 9.91. The van der Waals surface area contributed by atoms with E-state index in [0.29, 0.717) is 11.4 Å². The molecule has 1 amide bonds. The molecule has 2 atom stereocenters. The fourth-order valence-corrected chi connectivity index (χ4v) is 8.23. The van der Waals surface area contributed by atoms with Crippen LogP contribution in [-0.2, 0) is 14.6 Å². The van der Waals surface area contributed by atoms with Gasteiger partial charge in [0, 0.05) is 30.9 Å². The fourth-order valence-electron chi connectivity index (χ4n) is 6.17. The van der Waals surface area contributed by atoms with E-state index in [-0.39, 0.29) is 17.7 Å². The molecule has 0 aliphatic carbocycles. The lowest BCUT2D eigenvalue weighted by Crippen LogP contribution is -2.68. The summed E-state index contributed by atoms with van der Waals surface area (Å²) < 4.78 is 27.6. The maximum absolute atomic E-state index is 13.3. The summed E-state index contributed by atoms with van der Waals surface area (Å²) in [5.74, 6) is 0.147. The molecule has 3 fully saturated rings. The summed E-state index contributed by atoms with van der Waals surface area (Å²) in [5.41, 5.74) is 2.03. The number of anilines is 1. The SMILES string of the molecule is CCCCC1(C)CS(=O)(=O)c2ccccc2[C@@H](c2ccc(NC(=O)C[N+]34CCN(CC3)CC4)cc2)N1. The Bertz CT molecular complexity index is 1190. The van der Waals surface area contributed by atoms with Crippen LogP contribution in [-0.4, -0.2) is 80.8 Å². The van der Waals surface area contributed by atoms with Gasteiger partial charge in [0.2, 0.25) is 0 Å². The summed E-state index contributed by atoms with van der Waals surface area (Å²) in [6, 6.07) is 15.0. The quantitative estimate of drug-likeness (QED) is 0.559. The normalized spacial score (nSPS) is 30.8. The van der Waals surface area contributed by atoms with Crippen LogP contribution >= 0.6 is 0 Å². The largest absolute Gasteiger partial charge is 0.321 e. The van der Waals surface area contributed by atoms with Crippen molar-refractivity contribution in [3.63, 3.8) is 0 Å². The van der Waals surface area contributed by atoms with E-state index >= 15 is 0 Å². The third-order valence-corrected chi connectivity index (χ3v) is 10.4. The van der Waals surface area contributed by atoms with Crippen LogP contribution in [0.15, 0.2) is 53.4 Å². The van der Waals surface area contributed by atoms with E-state index in [2.05, 4.69) is 22.5 Å². The predicted molar refractivity (Wildman–Crippen MR) is 143 cm³/mol. The highest BCUT2D eigenvalue weighted by Gasteiger charge is 2.41. The molecule has 6 rings (SSSR count). The molecule has 4 heterocycles. The minimum atomic E-state index is -3.43. The highest BCUT2D eigenvalue weighted by Crippen LogP contribution is 2.37. The third kappa shape index (κ3) is 5.23. The number of rotatable bonds is 7. The molecule has 8 heteroatoms. The molecule has 0 radical (unpaired) electrons. The average molecular weight is 512 g/mol. The van der Waals surface area contributed by atoms with E-state index in [0.717, 1.165) is 79.8 Å². The fraction of sp³-hybridized carbons (Fsp3) is 0.536. The lowest BCUT2D eigenvalue weighted by Gasteiger charge is -2.50. The average Bonchev–Trinajstić information content (AvgIpc) is 2.96. The van der Waals surface area contributed by atoms with Crippen LogP contribution in [0, 0.1) is 0 Å². The summed E-state index contributed by atoms with van der Waals surface area (Å²) in [4.78, 5) is 15.8. The van der Waals surface area contributed by atoms with Gasteiger partial charge in [0.25, 0.3) is 5.91 Å². The first-order chi connectivity index (χ1) is 17.2. The summed E-state index contributed by atoms with van der Waals surface area (Å²) in [6.45, 7) is 11.1. The van der Waals surface area contributed by atoms with Crippen molar-refractivity contribution in [2.45, 2.75) is 49.6 Å². The molecule has 2 aromatic rings. The Hall–Kier alpha value is -2.26. The molecule has 7 nitrogen and oxygen atoms in total. The van der Waals surface area contributed by atoms with Crippen LogP contribution < -0.4 is 10.6 Å². The van der Waals surface area contributed by atoms with Crippen molar-refractivity contribution >= 4 is 21.4 Å². The monoisotopic (exact) mass is 511 g/mol. The van der Waals surface area contributed by atoms with Gasteiger partial charge in [-0.05, 0) is 42.7 Å². The summed E-state index contributed by atoms with van der Waals surface area (Å²) >= 11 is 0. The molecule has 4 aliphatic heterocycles. The first kappa shape index (κ1) is 25.4. The van der Waals surface area contributed by atoms with E-state index in [1.807, 2.05) is 43.3 Å². The number of sulfone groups is 1. The Balaban J connectivity index is 1.36. The first-order valence-electron chi connectivity index (χ1n) is 13.3. The number of piperazine rings is 3. The highest BCUT2D eigenvalue weighted by molar-refractivity contribution is 7.91. The molecule has 3 saturated heterocycles. The van der Waals surface area contributed by atoms with Crippen LogP contribution in [0.4, 0.5) is 5.69 Å². The van der Waals surface area contributed by atoms with Crippen LogP contribution in [0.3, 0.4) is 0 Å². The summed E-state index contributed by atoms with van der Waals surface area (Å²) in [6.07, 6.45) is 2.77. The van der Waals surface area contributed by atoms with Crippen LogP contribution in [0.1, 0.15) is 50.3 Å². The molecule has 36 heavy (non-hydrogen) atoms. The van der Waals surface area contributed by atoms with Gasteiger partial charge >= 0.3 is 0 Å².